The van der Waals surface area contributed by atoms with E-state index in [0.29, 0.717) is 13.0 Å². The molecule has 0 saturated heterocycles. The highest BCUT2D eigenvalue weighted by molar-refractivity contribution is 7.91. The normalized spacial score (nSPS) is 11.6. The molecule has 0 aliphatic carbocycles. The molecule has 0 aliphatic rings. The molecule has 0 saturated carbocycles. The van der Waals surface area contributed by atoms with Gasteiger partial charge in [0.25, 0.3) is 5.91 Å². The van der Waals surface area contributed by atoms with E-state index in [1.807, 2.05) is 0 Å². The number of sulfonamides is 1. The van der Waals surface area contributed by atoms with Crippen molar-refractivity contribution in [1.29, 1.82) is 0 Å². The van der Waals surface area contributed by atoms with E-state index in [1.54, 1.807) is 6.07 Å². The van der Waals surface area contributed by atoms with Gasteiger partial charge in [0.2, 0.25) is 10.0 Å². The van der Waals surface area contributed by atoms with Gasteiger partial charge >= 0.3 is 0 Å². The summed E-state index contributed by atoms with van der Waals surface area (Å²) in [7, 11) is -3.67. The SMILES string of the molecule is NS(=O)(=O)c1ccc(CCNC(=O)c2cc(Cl)c(Cl)[nH]2)s1. The largest absolute Gasteiger partial charge is 0.350 e. The third kappa shape index (κ3) is 4.21. The zero-order valence-corrected chi connectivity index (χ0v) is 13.7. The molecule has 0 fully saturated rings. The molecule has 0 radical (unpaired) electrons. The van der Waals surface area contributed by atoms with E-state index in [1.165, 1.54) is 12.1 Å². The zero-order valence-electron chi connectivity index (χ0n) is 10.5. The van der Waals surface area contributed by atoms with Crippen LogP contribution in [0.25, 0.3) is 0 Å². The number of nitrogens with one attached hydrogen (secondary N) is 2. The standard InChI is InChI=1S/C11H11Cl2N3O3S2/c12-7-5-8(16-10(7)13)11(17)15-4-3-6-1-2-9(20-6)21(14,18)19/h1-2,5,16H,3-4H2,(H,15,17)(H2,14,18,19). The van der Waals surface area contributed by atoms with E-state index in [2.05, 4.69) is 10.3 Å². The smallest absolute Gasteiger partial charge is 0.267 e. The third-order valence-electron chi connectivity index (χ3n) is 2.54. The first kappa shape index (κ1) is 16.3. The van der Waals surface area contributed by atoms with Gasteiger partial charge in [0.05, 0.1) is 5.02 Å². The number of H-pyrrole nitrogens is 1. The highest BCUT2D eigenvalue weighted by atomic mass is 35.5. The molecule has 0 aromatic carbocycles. The summed E-state index contributed by atoms with van der Waals surface area (Å²) in [5.41, 5.74) is 0.265. The lowest BCUT2D eigenvalue weighted by atomic mass is 10.3. The Hall–Kier alpha value is -1.06. The number of carbonyl (C=O) groups excluding carboxylic acids is 1. The molecule has 0 bridgehead atoms. The van der Waals surface area contributed by atoms with E-state index in [-0.39, 0.29) is 26.0 Å². The first-order chi connectivity index (χ1) is 9.77. The molecule has 1 amide bonds. The fourth-order valence-electron chi connectivity index (χ4n) is 1.57. The van der Waals surface area contributed by atoms with Gasteiger partial charge in [0, 0.05) is 11.4 Å². The van der Waals surface area contributed by atoms with Gasteiger partial charge in [-0.15, -0.1) is 11.3 Å². The molecule has 2 heterocycles. The Morgan fingerprint density at radius 2 is 2.10 bits per heavy atom. The predicted molar refractivity (Wildman–Crippen MR) is 82.5 cm³/mol. The Bertz CT molecular complexity index is 748. The molecule has 2 rings (SSSR count). The van der Waals surface area contributed by atoms with Gasteiger partial charge in [0.1, 0.15) is 15.1 Å². The van der Waals surface area contributed by atoms with Crippen LogP contribution in [-0.4, -0.2) is 25.9 Å². The maximum atomic E-state index is 11.8. The van der Waals surface area contributed by atoms with Gasteiger partial charge in [0.15, 0.2) is 0 Å². The maximum Gasteiger partial charge on any atom is 0.267 e. The van der Waals surface area contributed by atoms with Crippen molar-refractivity contribution in [2.24, 2.45) is 5.14 Å². The first-order valence-corrected chi connectivity index (χ1v) is 8.83. The summed E-state index contributed by atoms with van der Waals surface area (Å²) in [6.45, 7) is 0.345. The number of hydrogen-bond donors (Lipinski definition) is 3. The van der Waals surface area contributed by atoms with E-state index in [4.69, 9.17) is 28.3 Å². The lowest BCUT2D eigenvalue weighted by Gasteiger charge is -2.02. The highest BCUT2D eigenvalue weighted by Crippen LogP contribution is 2.22. The van der Waals surface area contributed by atoms with Crippen molar-refractivity contribution in [3.63, 3.8) is 0 Å². The molecule has 114 valence electrons. The third-order valence-corrected chi connectivity index (χ3v) is 5.82. The number of primary sulfonamides is 1. The van der Waals surface area contributed by atoms with Gasteiger partial charge in [-0.2, -0.15) is 0 Å². The average molecular weight is 368 g/mol. The van der Waals surface area contributed by atoms with Crippen molar-refractivity contribution in [3.05, 3.63) is 38.9 Å². The Morgan fingerprint density at radius 1 is 1.38 bits per heavy atom. The quantitative estimate of drug-likeness (QED) is 0.752. The number of aromatic amines is 1. The highest BCUT2D eigenvalue weighted by Gasteiger charge is 2.13. The second-order valence-electron chi connectivity index (χ2n) is 4.12. The minimum atomic E-state index is -3.67. The Kier molecular flexibility index (Phi) is 4.95. The van der Waals surface area contributed by atoms with Crippen LogP contribution in [0.15, 0.2) is 22.4 Å². The van der Waals surface area contributed by atoms with Gasteiger partial charge < -0.3 is 10.3 Å². The van der Waals surface area contributed by atoms with Crippen molar-refractivity contribution in [3.8, 4) is 0 Å². The average Bonchev–Trinajstić information content (AvgIpc) is 2.97. The molecule has 2 aromatic heterocycles. The molecule has 6 nitrogen and oxygen atoms in total. The van der Waals surface area contributed by atoms with Crippen LogP contribution < -0.4 is 10.5 Å². The molecular weight excluding hydrogens is 357 g/mol. The van der Waals surface area contributed by atoms with Crippen LogP contribution in [0.1, 0.15) is 15.4 Å². The van der Waals surface area contributed by atoms with Crippen LogP contribution in [0.5, 0.6) is 0 Å². The summed E-state index contributed by atoms with van der Waals surface area (Å²) < 4.78 is 22.4. The van der Waals surface area contributed by atoms with Crippen LogP contribution >= 0.6 is 34.5 Å². The summed E-state index contributed by atoms with van der Waals surface area (Å²) >= 11 is 12.5. The predicted octanol–water partition coefficient (Wildman–Crippen LogP) is 2.00. The molecule has 10 heteroatoms. The summed E-state index contributed by atoms with van der Waals surface area (Å²) in [5.74, 6) is -0.341. The first-order valence-electron chi connectivity index (χ1n) is 5.71. The lowest BCUT2D eigenvalue weighted by molar-refractivity contribution is 0.0950. The molecular formula is C11H11Cl2N3O3S2. The van der Waals surface area contributed by atoms with Gasteiger partial charge in [-0.3, -0.25) is 4.79 Å². The molecule has 2 aromatic rings. The summed E-state index contributed by atoms with van der Waals surface area (Å²) in [5, 5.41) is 8.18. The number of amides is 1. The minimum Gasteiger partial charge on any atom is -0.350 e. The number of halogens is 2. The number of hydrogen-bond acceptors (Lipinski definition) is 4. The molecule has 0 spiro atoms. The van der Waals surface area contributed by atoms with Crippen molar-refractivity contribution in [2.75, 3.05) is 6.54 Å². The number of rotatable bonds is 5. The molecule has 4 N–H and O–H groups in total. The van der Waals surface area contributed by atoms with Crippen molar-refractivity contribution >= 4 is 50.5 Å². The van der Waals surface area contributed by atoms with Crippen molar-refractivity contribution in [1.82, 2.24) is 10.3 Å². The summed E-state index contributed by atoms with van der Waals surface area (Å²) in [6.07, 6.45) is 0.494. The fourth-order valence-corrected chi connectivity index (χ4v) is 3.66. The zero-order chi connectivity index (χ0) is 15.6. The van der Waals surface area contributed by atoms with E-state index >= 15 is 0 Å². The maximum absolute atomic E-state index is 11.8. The van der Waals surface area contributed by atoms with Crippen LogP contribution in [0.2, 0.25) is 10.2 Å². The monoisotopic (exact) mass is 367 g/mol. The van der Waals surface area contributed by atoms with Crippen LogP contribution in [-0.2, 0) is 16.4 Å². The molecule has 0 unspecified atom stereocenters. The molecule has 0 aliphatic heterocycles. The van der Waals surface area contributed by atoms with Crippen LogP contribution in [0.4, 0.5) is 0 Å². The number of thiophene rings is 1. The Morgan fingerprint density at radius 3 is 2.62 bits per heavy atom. The second-order valence-corrected chi connectivity index (χ2v) is 7.86. The summed E-state index contributed by atoms with van der Waals surface area (Å²) in [6, 6.07) is 4.55. The topological polar surface area (TPSA) is 105 Å². The van der Waals surface area contributed by atoms with E-state index in [0.717, 1.165) is 16.2 Å². The van der Waals surface area contributed by atoms with Crippen LogP contribution in [0.3, 0.4) is 0 Å². The number of nitrogens with two attached hydrogens (primary N) is 1. The van der Waals surface area contributed by atoms with Gasteiger partial charge in [-0.05, 0) is 24.6 Å². The fraction of sp³-hybridized carbons (Fsp3) is 0.182. The van der Waals surface area contributed by atoms with E-state index in [9.17, 15) is 13.2 Å². The van der Waals surface area contributed by atoms with Gasteiger partial charge in [-0.25, -0.2) is 13.6 Å². The van der Waals surface area contributed by atoms with Crippen molar-refractivity contribution < 1.29 is 13.2 Å². The Balaban J connectivity index is 1.89. The second kappa shape index (κ2) is 6.37. The van der Waals surface area contributed by atoms with Crippen molar-refractivity contribution in [2.45, 2.75) is 10.6 Å². The molecule has 0 atom stereocenters. The number of carbonyl (C=O) groups is 1. The summed E-state index contributed by atoms with van der Waals surface area (Å²) in [4.78, 5) is 15.2. The minimum absolute atomic E-state index is 0.103. The van der Waals surface area contributed by atoms with Crippen LogP contribution in [0, 0.1) is 0 Å². The molecule has 21 heavy (non-hydrogen) atoms. The van der Waals surface area contributed by atoms with Gasteiger partial charge in [-0.1, -0.05) is 23.2 Å². The lowest BCUT2D eigenvalue weighted by Crippen LogP contribution is -2.25. The Labute approximate surface area is 135 Å². The van der Waals surface area contributed by atoms with E-state index < -0.39 is 10.0 Å². The number of aromatic nitrogens is 1.